The molecular formula is C25H29F3N6O4. The van der Waals surface area contributed by atoms with E-state index in [1.54, 1.807) is 16.7 Å². The highest BCUT2D eigenvalue weighted by Crippen LogP contribution is 2.29. The molecular weight excluding hydrogens is 505 g/mol. The molecule has 0 saturated carbocycles. The van der Waals surface area contributed by atoms with Crippen molar-refractivity contribution in [1.82, 2.24) is 25.2 Å². The molecule has 3 aromatic rings. The Morgan fingerprint density at radius 1 is 1.32 bits per heavy atom. The minimum Gasteiger partial charge on any atom is -0.481 e. The maximum atomic E-state index is 13.7. The number of halogens is 3. The number of hydrogen-bond acceptors (Lipinski definition) is 8. The number of ether oxygens (including phenoxy) is 1. The van der Waals surface area contributed by atoms with Crippen LogP contribution in [0, 0.1) is 0 Å². The lowest BCUT2D eigenvalue weighted by Gasteiger charge is -2.31. The van der Waals surface area contributed by atoms with Crippen LogP contribution in [-0.2, 0) is 17.8 Å². The van der Waals surface area contributed by atoms with Gasteiger partial charge in [-0.05, 0) is 18.9 Å². The van der Waals surface area contributed by atoms with Gasteiger partial charge in [0.2, 0.25) is 28.8 Å². The van der Waals surface area contributed by atoms with Gasteiger partial charge in [-0.2, -0.15) is 13.2 Å². The smallest absolute Gasteiger partial charge is 0.412 e. The van der Waals surface area contributed by atoms with Crippen LogP contribution in [0.15, 0.2) is 39.7 Å². The van der Waals surface area contributed by atoms with Crippen LogP contribution in [-0.4, -0.2) is 66.5 Å². The molecule has 3 aromatic heterocycles. The monoisotopic (exact) mass is 534 g/mol. The summed E-state index contributed by atoms with van der Waals surface area (Å²) in [5, 5.41) is 5.76. The van der Waals surface area contributed by atoms with Gasteiger partial charge in [0.1, 0.15) is 12.2 Å². The van der Waals surface area contributed by atoms with Crippen LogP contribution in [0.1, 0.15) is 19.0 Å². The Morgan fingerprint density at radius 2 is 2.05 bits per heavy atom. The van der Waals surface area contributed by atoms with E-state index in [1.165, 1.54) is 13.3 Å². The summed E-state index contributed by atoms with van der Waals surface area (Å²) in [7, 11) is 1.47. The summed E-state index contributed by atoms with van der Waals surface area (Å²) >= 11 is 0. The van der Waals surface area contributed by atoms with Gasteiger partial charge in [0, 0.05) is 61.8 Å². The Kier molecular flexibility index (Phi) is 8.05. The number of rotatable bonds is 9. The minimum atomic E-state index is -4.52. The molecule has 2 N–H and O–H groups in total. The van der Waals surface area contributed by atoms with E-state index in [-0.39, 0.29) is 35.6 Å². The van der Waals surface area contributed by atoms with Crippen molar-refractivity contribution in [3.05, 3.63) is 46.4 Å². The molecule has 0 radical (unpaired) electrons. The summed E-state index contributed by atoms with van der Waals surface area (Å²) in [6.07, 6.45) is -3.03. The zero-order chi connectivity index (χ0) is 27.4. The lowest BCUT2D eigenvalue weighted by molar-refractivity contribution is -0.122. The van der Waals surface area contributed by atoms with Gasteiger partial charge in [-0.15, -0.1) is 0 Å². The van der Waals surface area contributed by atoms with Crippen LogP contribution in [0.4, 0.5) is 18.9 Å². The summed E-state index contributed by atoms with van der Waals surface area (Å²) < 4.78 is 51.1. The Balaban J connectivity index is 1.76. The van der Waals surface area contributed by atoms with E-state index in [9.17, 15) is 22.8 Å². The molecule has 4 heterocycles. The maximum Gasteiger partial charge on any atom is 0.412 e. The van der Waals surface area contributed by atoms with E-state index < -0.39 is 24.1 Å². The molecule has 1 amide bonds. The summed E-state index contributed by atoms with van der Waals surface area (Å²) in [5.41, 5.74) is 0.461. The summed E-state index contributed by atoms with van der Waals surface area (Å²) in [5.74, 6) is -0.0575. The summed E-state index contributed by atoms with van der Waals surface area (Å²) in [6, 6.07) is 3.26. The molecule has 1 aliphatic heterocycles. The average molecular weight is 535 g/mol. The van der Waals surface area contributed by atoms with E-state index in [0.717, 1.165) is 0 Å². The molecule has 10 nitrogen and oxygen atoms in total. The average Bonchev–Trinajstić information content (AvgIpc) is 3.36. The molecule has 13 heteroatoms. The van der Waals surface area contributed by atoms with Crippen molar-refractivity contribution in [3.63, 3.8) is 0 Å². The van der Waals surface area contributed by atoms with Gasteiger partial charge in [-0.25, -0.2) is 9.97 Å². The van der Waals surface area contributed by atoms with E-state index in [4.69, 9.17) is 9.15 Å². The molecule has 0 aromatic carbocycles. The number of hydrogen-bond donors (Lipinski definition) is 2. The number of pyridine rings is 2. The highest BCUT2D eigenvalue weighted by molar-refractivity contribution is 5.82. The predicted octanol–water partition coefficient (Wildman–Crippen LogP) is 2.66. The van der Waals surface area contributed by atoms with Gasteiger partial charge >= 0.3 is 6.18 Å². The number of carbonyl (C=O) groups is 1. The number of carbonyl (C=O) groups excluding carboxylic acids is 1. The second kappa shape index (κ2) is 11.3. The standard InChI is InChI=1S/C25H29F3N6O4/c1-4-17-21(33-11-9-29-10-12-33)22(36)20-24(38-23(32-20)16-6-8-31-19(13-16)37-3)34(17)14-18(35)30-7-5-15(2)25(26,27)28/h6,8,13,29H,2,4-5,7,9-12,14H2,1,3H3,(H,30,35). The van der Waals surface area contributed by atoms with Crippen molar-refractivity contribution in [2.45, 2.75) is 32.5 Å². The Hall–Kier alpha value is -3.87. The molecule has 0 spiro atoms. The van der Waals surface area contributed by atoms with E-state index in [2.05, 4.69) is 27.2 Å². The van der Waals surface area contributed by atoms with Gasteiger partial charge in [0.05, 0.1) is 7.11 Å². The van der Waals surface area contributed by atoms with Crippen molar-refractivity contribution in [2.24, 2.45) is 0 Å². The van der Waals surface area contributed by atoms with Crippen LogP contribution >= 0.6 is 0 Å². The second-order valence-electron chi connectivity index (χ2n) is 8.76. The number of methoxy groups -OCH3 is 1. The van der Waals surface area contributed by atoms with Crippen molar-refractivity contribution < 1.29 is 27.1 Å². The lowest BCUT2D eigenvalue weighted by atomic mass is 10.1. The third-order valence-corrected chi connectivity index (χ3v) is 6.29. The first-order valence-corrected chi connectivity index (χ1v) is 12.2. The second-order valence-corrected chi connectivity index (χ2v) is 8.76. The van der Waals surface area contributed by atoms with Crippen molar-refractivity contribution in [2.75, 3.05) is 44.7 Å². The number of aromatic nitrogens is 3. The molecule has 4 rings (SSSR count). The van der Waals surface area contributed by atoms with Gasteiger partial charge in [-0.3, -0.25) is 9.59 Å². The molecule has 1 aliphatic rings. The molecule has 0 aliphatic carbocycles. The largest absolute Gasteiger partial charge is 0.481 e. The Bertz CT molecular complexity index is 1390. The fourth-order valence-electron chi connectivity index (χ4n) is 4.35. The van der Waals surface area contributed by atoms with Crippen molar-refractivity contribution >= 4 is 22.8 Å². The van der Waals surface area contributed by atoms with E-state index >= 15 is 0 Å². The highest BCUT2D eigenvalue weighted by Gasteiger charge is 2.31. The number of alkyl halides is 3. The zero-order valence-electron chi connectivity index (χ0n) is 21.2. The van der Waals surface area contributed by atoms with Crippen LogP contribution in [0.3, 0.4) is 0 Å². The first-order valence-electron chi connectivity index (χ1n) is 12.2. The van der Waals surface area contributed by atoms with Gasteiger partial charge < -0.3 is 29.3 Å². The van der Waals surface area contributed by atoms with Crippen LogP contribution < -0.4 is 25.7 Å². The number of anilines is 1. The Morgan fingerprint density at radius 3 is 2.71 bits per heavy atom. The number of fused-ring (bicyclic) bond motifs is 1. The Labute approximate surface area is 216 Å². The normalized spacial score (nSPS) is 14.1. The van der Waals surface area contributed by atoms with Crippen molar-refractivity contribution in [1.29, 1.82) is 0 Å². The molecule has 0 unspecified atom stereocenters. The lowest BCUT2D eigenvalue weighted by Crippen LogP contribution is -2.46. The molecule has 1 saturated heterocycles. The molecule has 1 fully saturated rings. The molecule has 0 atom stereocenters. The summed E-state index contributed by atoms with van der Waals surface area (Å²) in [6.45, 7) is 6.93. The SMILES string of the molecule is C=C(CCNC(=O)Cn1c(CC)c(N2CCNCC2)c(=O)c2nc(-c3ccnc(OC)c3)oc21)C(F)(F)F. The third kappa shape index (κ3) is 5.67. The van der Waals surface area contributed by atoms with Crippen LogP contribution in [0.5, 0.6) is 5.88 Å². The highest BCUT2D eigenvalue weighted by atomic mass is 19.4. The third-order valence-electron chi connectivity index (χ3n) is 6.29. The van der Waals surface area contributed by atoms with Crippen LogP contribution in [0.2, 0.25) is 0 Å². The van der Waals surface area contributed by atoms with Gasteiger partial charge in [-0.1, -0.05) is 13.5 Å². The topological polar surface area (TPSA) is 115 Å². The first-order chi connectivity index (χ1) is 18.1. The quantitative estimate of drug-likeness (QED) is 0.403. The fourth-order valence-corrected chi connectivity index (χ4v) is 4.35. The predicted molar refractivity (Wildman–Crippen MR) is 135 cm³/mol. The number of nitrogens with zero attached hydrogens (tertiary/aromatic N) is 4. The number of nitrogens with one attached hydrogen (secondary N) is 2. The zero-order valence-corrected chi connectivity index (χ0v) is 21.2. The fraction of sp³-hybridized carbons (Fsp3) is 0.440. The van der Waals surface area contributed by atoms with Gasteiger partial charge in [0.15, 0.2) is 5.52 Å². The molecule has 38 heavy (non-hydrogen) atoms. The first kappa shape index (κ1) is 27.2. The van der Waals surface area contributed by atoms with E-state index in [0.29, 0.717) is 55.4 Å². The van der Waals surface area contributed by atoms with Gasteiger partial charge in [0.25, 0.3) is 0 Å². The summed E-state index contributed by atoms with van der Waals surface area (Å²) in [4.78, 5) is 37.1. The maximum absolute atomic E-state index is 13.7. The van der Waals surface area contributed by atoms with Crippen molar-refractivity contribution in [3.8, 4) is 17.3 Å². The van der Waals surface area contributed by atoms with Crippen LogP contribution in [0.25, 0.3) is 22.7 Å². The number of amides is 1. The molecule has 0 bridgehead atoms. The number of piperazine rings is 1. The van der Waals surface area contributed by atoms with E-state index in [1.807, 2.05) is 11.8 Å². The number of oxazole rings is 1. The minimum absolute atomic E-state index is 0.0553. The molecule has 204 valence electrons.